The van der Waals surface area contributed by atoms with Crippen molar-refractivity contribution in [2.75, 3.05) is 4.90 Å². The van der Waals surface area contributed by atoms with Crippen molar-refractivity contribution in [2.24, 2.45) is 0 Å². The first-order valence-electron chi connectivity index (χ1n) is 17.9. The van der Waals surface area contributed by atoms with Gasteiger partial charge in [0.05, 0.1) is 0 Å². The van der Waals surface area contributed by atoms with E-state index in [1.165, 1.54) is 53.4 Å². The van der Waals surface area contributed by atoms with Gasteiger partial charge in [0.15, 0.2) is 0 Å². The molecule has 0 saturated carbocycles. The molecule has 0 bridgehead atoms. The van der Waals surface area contributed by atoms with Gasteiger partial charge in [0, 0.05) is 58.8 Å². The monoisotopic (exact) mass is 683 g/mol. The van der Waals surface area contributed by atoms with E-state index in [2.05, 4.69) is 183 Å². The maximum atomic E-state index is 6.53. The zero-order valence-corrected chi connectivity index (χ0v) is 29.7. The fourth-order valence-electron chi connectivity index (χ4n) is 8.72. The molecule has 2 nitrogen and oxygen atoms in total. The van der Waals surface area contributed by atoms with Crippen molar-refractivity contribution in [3.8, 4) is 22.3 Å². The summed E-state index contributed by atoms with van der Waals surface area (Å²) in [6.45, 7) is 4.71. The third-order valence-electron chi connectivity index (χ3n) is 11.3. The van der Waals surface area contributed by atoms with Gasteiger partial charge in [-0.3, -0.25) is 0 Å². The van der Waals surface area contributed by atoms with Gasteiger partial charge in [-0.05, 0) is 93.4 Å². The Bertz CT molecular complexity index is 3050. The third-order valence-corrected chi connectivity index (χ3v) is 12.4. The lowest BCUT2D eigenvalue weighted by Gasteiger charge is -2.28. The molecule has 0 unspecified atom stereocenters. The molecule has 0 radical (unpaired) electrons. The number of nitrogens with zero attached hydrogens (tertiary/aromatic N) is 1. The van der Waals surface area contributed by atoms with Crippen LogP contribution < -0.4 is 4.90 Å². The number of benzene rings is 8. The molecule has 10 aromatic rings. The predicted molar refractivity (Wildman–Crippen MR) is 222 cm³/mol. The van der Waals surface area contributed by atoms with Gasteiger partial charge in [0.2, 0.25) is 0 Å². The molecule has 246 valence electrons. The zero-order chi connectivity index (χ0) is 34.6. The molecule has 0 spiro atoms. The fourth-order valence-corrected chi connectivity index (χ4v) is 9.86. The van der Waals surface area contributed by atoms with Crippen LogP contribution in [0.3, 0.4) is 0 Å². The summed E-state index contributed by atoms with van der Waals surface area (Å²) in [5, 5.41) is 7.25. The molecule has 0 saturated heterocycles. The van der Waals surface area contributed by atoms with Crippen LogP contribution >= 0.6 is 11.3 Å². The van der Waals surface area contributed by atoms with Gasteiger partial charge >= 0.3 is 0 Å². The van der Waals surface area contributed by atoms with Gasteiger partial charge in [-0.2, -0.15) is 0 Å². The van der Waals surface area contributed by atoms with E-state index in [-0.39, 0.29) is 5.41 Å². The Balaban J connectivity index is 1.07. The van der Waals surface area contributed by atoms with Crippen molar-refractivity contribution in [3.05, 3.63) is 175 Å². The summed E-state index contributed by atoms with van der Waals surface area (Å²) in [5.74, 6) is 0. The lowest BCUT2D eigenvalue weighted by atomic mass is 9.82. The molecule has 3 heteroatoms. The lowest BCUT2D eigenvalue weighted by Crippen LogP contribution is -2.16. The number of fused-ring (bicyclic) bond motifs is 11. The molecule has 1 aliphatic carbocycles. The number of thiophene rings is 1. The Morgan fingerprint density at radius 1 is 0.481 bits per heavy atom. The van der Waals surface area contributed by atoms with Crippen molar-refractivity contribution in [2.45, 2.75) is 19.3 Å². The van der Waals surface area contributed by atoms with E-state index in [9.17, 15) is 0 Å². The average Bonchev–Trinajstić information content (AvgIpc) is 3.83. The smallest absolute Gasteiger partial charge is 0.143 e. The predicted octanol–water partition coefficient (Wildman–Crippen LogP) is 14.6. The van der Waals surface area contributed by atoms with Gasteiger partial charge in [-0.15, -0.1) is 11.3 Å². The van der Waals surface area contributed by atoms with Gasteiger partial charge in [-0.25, -0.2) is 0 Å². The van der Waals surface area contributed by atoms with Crippen molar-refractivity contribution >= 4 is 81.3 Å². The third kappa shape index (κ3) is 4.23. The van der Waals surface area contributed by atoms with Gasteiger partial charge < -0.3 is 9.32 Å². The average molecular weight is 684 g/mol. The van der Waals surface area contributed by atoms with E-state index in [0.29, 0.717) is 0 Å². The number of hydrogen-bond donors (Lipinski definition) is 0. The second-order valence-electron chi connectivity index (χ2n) is 14.5. The molecule has 8 aromatic carbocycles. The largest absolute Gasteiger partial charge is 0.455 e. The zero-order valence-electron chi connectivity index (χ0n) is 28.9. The van der Waals surface area contributed by atoms with Gasteiger partial charge in [0.1, 0.15) is 11.2 Å². The first-order chi connectivity index (χ1) is 25.5. The SMILES string of the molecule is CC1(C)c2ccccc2-c2ccc(N(c3ccc(-c4cccc5oc6c7ccccc7ccc6c45)cc3)c3ccc4c(c3)sc3ccccc34)cc21. The normalized spacial score (nSPS) is 13.3. The summed E-state index contributed by atoms with van der Waals surface area (Å²) >= 11 is 1.86. The van der Waals surface area contributed by atoms with Crippen LogP contribution in [0.5, 0.6) is 0 Å². The van der Waals surface area contributed by atoms with Crippen LogP contribution in [-0.4, -0.2) is 0 Å². The molecule has 2 heterocycles. The Labute approximate surface area is 305 Å². The van der Waals surface area contributed by atoms with Crippen LogP contribution in [0.4, 0.5) is 17.1 Å². The molecule has 52 heavy (non-hydrogen) atoms. The summed E-state index contributed by atoms with van der Waals surface area (Å²) < 4.78 is 9.14. The molecule has 11 rings (SSSR count). The topological polar surface area (TPSA) is 16.4 Å². The molecule has 2 aromatic heterocycles. The van der Waals surface area contributed by atoms with E-state index >= 15 is 0 Å². The van der Waals surface area contributed by atoms with Crippen LogP contribution in [0.2, 0.25) is 0 Å². The van der Waals surface area contributed by atoms with Gasteiger partial charge in [-0.1, -0.05) is 123 Å². The Morgan fingerprint density at radius 2 is 1.15 bits per heavy atom. The Kier molecular flexibility index (Phi) is 6.21. The van der Waals surface area contributed by atoms with Crippen LogP contribution in [0, 0.1) is 0 Å². The number of rotatable bonds is 4. The minimum Gasteiger partial charge on any atom is -0.455 e. The first-order valence-corrected chi connectivity index (χ1v) is 18.7. The summed E-state index contributed by atoms with van der Waals surface area (Å²) in [7, 11) is 0. The van der Waals surface area contributed by atoms with Crippen molar-refractivity contribution in [3.63, 3.8) is 0 Å². The van der Waals surface area contributed by atoms with Crippen LogP contribution in [0.1, 0.15) is 25.0 Å². The molecular formula is C49H33NOS. The van der Waals surface area contributed by atoms with Crippen molar-refractivity contribution < 1.29 is 4.42 Å². The Hall–Kier alpha value is -6.16. The van der Waals surface area contributed by atoms with Crippen LogP contribution in [0.25, 0.3) is 75.1 Å². The molecule has 0 amide bonds. The highest BCUT2D eigenvalue weighted by atomic mass is 32.1. The second-order valence-corrected chi connectivity index (χ2v) is 15.6. The van der Waals surface area contributed by atoms with Crippen molar-refractivity contribution in [1.29, 1.82) is 0 Å². The number of anilines is 3. The number of furan rings is 1. The summed E-state index contributed by atoms with van der Waals surface area (Å²) in [6.07, 6.45) is 0. The molecule has 0 fully saturated rings. The van der Waals surface area contributed by atoms with Crippen LogP contribution in [0.15, 0.2) is 168 Å². The molecule has 0 atom stereocenters. The second kappa shape index (κ2) is 10.9. The lowest BCUT2D eigenvalue weighted by molar-refractivity contribution is 0.660. The quantitative estimate of drug-likeness (QED) is 0.184. The molecule has 1 aliphatic rings. The standard InChI is InChI=1S/C49H33NOS/c1-49(2)42-15-7-5-12-37(42)38-26-23-33(28-43(38)49)50(34-24-27-40-39-13-6-8-17-45(39)52-46(40)29-34)32-21-18-31(19-22-32)35-14-9-16-44-47(35)41-25-20-30-10-3-4-11-36(30)48(41)51-44/h3-29H,1-2H3. The minimum atomic E-state index is -0.0930. The highest BCUT2D eigenvalue weighted by Crippen LogP contribution is 2.51. The molecular weight excluding hydrogens is 651 g/mol. The number of hydrogen-bond acceptors (Lipinski definition) is 3. The van der Waals surface area contributed by atoms with Gasteiger partial charge in [0.25, 0.3) is 0 Å². The van der Waals surface area contributed by atoms with E-state index < -0.39 is 0 Å². The molecule has 0 N–H and O–H groups in total. The summed E-state index contributed by atoms with van der Waals surface area (Å²) in [5.41, 5.74) is 12.9. The van der Waals surface area contributed by atoms with Crippen LogP contribution in [-0.2, 0) is 5.41 Å². The highest BCUT2D eigenvalue weighted by molar-refractivity contribution is 7.25. The fraction of sp³-hybridized carbons (Fsp3) is 0.0612. The van der Waals surface area contributed by atoms with E-state index in [1.807, 2.05) is 11.3 Å². The minimum absolute atomic E-state index is 0.0930. The van der Waals surface area contributed by atoms with E-state index in [1.54, 1.807) is 0 Å². The van der Waals surface area contributed by atoms with E-state index in [0.717, 1.165) is 50.0 Å². The summed E-state index contributed by atoms with van der Waals surface area (Å²) in [6, 6.07) is 59.9. The highest BCUT2D eigenvalue weighted by Gasteiger charge is 2.35. The Morgan fingerprint density at radius 3 is 2.06 bits per heavy atom. The van der Waals surface area contributed by atoms with E-state index in [4.69, 9.17) is 4.42 Å². The first kappa shape index (κ1) is 29.6. The van der Waals surface area contributed by atoms with Crippen molar-refractivity contribution in [1.82, 2.24) is 0 Å². The summed E-state index contributed by atoms with van der Waals surface area (Å²) in [4.78, 5) is 2.42. The maximum absolute atomic E-state index is 6.53. The maximum Gasteiger partial charge on any atom is 0.143 e. The molecule has 0 aliphatic heterocycles.